The predicted octanol–water partition coefficient (Wildman–Crippen LogP) is 3.19. The summed E-state index contributed by atoms with van der Waals surface area (Å²) in [4.78, 5) is 3.81. The number of hydrogen-bond donors (Lipinski definition) is 2. The third-order valence-electron chi connectivity index (χ3n) is 2.90. The number of hydrogen-bond acceptors (Lipinski definition) is 3. The van der Waals surface area contributed by atoms with Crippen molar-refractivity contribution in [2.24, 2.45) is 0 Å². The first-order valence-corrected chi connectivity index (χ1v) is 6.17. The molecule has 1 aromatic heterocycles. The van der Waals surface area contributed by atoms with E-state index in [2.05, 4.69) is 10.3 Å². The summed E-state index contributed by atoms with van der Waals surface area (Å²) in [5, 5.41) is 13.3. The second kappa shape index (κ2) is 5.55. The Balaban J connectivity index is 2.32. The zero-order valence-electron chi connectivity index (χ0n) is 10.4. The fourth-order valence-corrected chi connectivity index (χ4v) is 1.99. The van der Waals surface area contributed by atoms with Gasteiger partial charge in [0.1, 0.15) is 5.82 Å². The van der Waals surface area contributed by atoms with Gasteiger partial charge in [0, 0.05) is 22.5 Å². The first-order chi connectivity index (χ1) is 9.03. The van der Waals surface area contributed by atoms with Crippen LogP contribution in [-0.4, -0.2) is 16.7 Å². The maximum absolute atomic E-state index is 13.2. The maximum Gasteiger partial charge on any atom is 0.141 e. The normalized spacial score (nSPS) is 13.9. The van der Waals surface area contributed by atoms with Crippen molar-refractivity contribution in [2.75, 3.05) is 11.9 Å². The van der Waals surface area contributed by atoms with Crippen LogP contribution in [0.15, 0.2) is 42.7 Å². The van der Waals surface area contributed by atoms with E-state index >= 15 is 0 Å². The summed E-state index contributed by atoms with van der Waals surface area (Å²) >= 11 is 5.91. The molecule has 2 rings (SSSR count). The van der Waals surface area contributed by atoms with Crippen LogP contribution in [0.25, 0.3) is 0 Å². The number of rotatable bonds is 4. The highest BCUT2D eigenvalue weighted by molar-refractivity contribution is 6.30. The van der Waals surface area contributed by atoms with E-state index in [0.29, 0.717) is 10.6 Å². The molecule has 0 bridgehead atoms. The first-order valence-electron chi connectivity index (χ1n) is 5.79. The summed E-state index contributed by atoms with van der Waals surface area (Å²) in [5.74, 6) is -0.440. The van der Waals surface area contributed by atoms with Crippen molar-refractivity contribution < 1.29 is 9.50 Å². The van der Waals surface area contributed by atoms with Crippen LogP contribution in [0.3, 0.4) is 0 Å². The van der Waals surface area contributed by atoms with Crippen LogP contribution >= 0.6 is 11.6 Å². The molecule has 0 spiro atoms. The second-order valence-electron chi connectivity index (χ2n) is 4.52. The molecule has 2 aromatic rings. The molecule has 0 saturated carbocycles. The van der Waals surface area contributed by atoms with Gasteiger partial charge in [-0.15, -0.1) is 0 Å². The Kier molecular flexibility index (Phi) is 4.02. The average molecular weight is 281 g/mol. The fraction of sp³-hybridized carbons (Fsp3) is 0.214. The van der Waals surface area contributed by atoms with E-state index in [1.54, 1.807) is 25.1 Å². The molecule has 1 heterocycles. The van der Waals surface area contributed by atoms with E-state index in [-0.39, 0.29) is 6.61 Å². The van der Waals surface area contributed by atoms with Crippen LogP contribution in [-0.2, 0) is 5.54 Å². The topological polar surface area (TPSA) is 45.1 Å². The van der Waals surface area contributed by atoms with Crippen LogP contribution in [0.4, 0.5) is 10.1 Å². The number of pyridine rings is 1. The lowest BCUT2D eigenvalue weighted by Gasteiger charge is -2.30. The summed E-state index contributed by atoms with van der Waals surface area (Å²) in [6.07, 6.45) is 2.65. The number of nitrogens with zero attached hydrogens (tertiary/aromatic N) is 1. The van der Waals surface area contributed by atoms with Gasteiger partial charge in [0.2, 0.25) is 0 Å². The molecule has 1 atom stereocenters. The van der Waals surface area contributed by atoms with Gasteiger partial charge in [0.25, 0.3) is 0 Å². The molecular weight excluding hydrogens is 267 g/mol. The molecule has 0 fully saturated rings. The van der Waals surface area contributed by atoms with Gasteiger partial charge in [-0.1, -0.05) is 17.7 Å². The van der Waals surface area contributed by atoms with Gasteiger partial charge < -0.3 is 10.4 Å². The highest BCUT2D eigenvalue weighted by Crippen LogP contribution is 2.27. The summed E-state index contributed by atoms with van der Waals surface area (Å²) in [5.41, 5.74) is 0.475. The molecule has 100 valence electrons. The van der Waals surface area contributed by atoms with E-state index in [4.69, 9.17) is 11.6 Å². The average Bonchev–Trinajstić information content (AvgIpc) is 2.38. The van der Waals surface area contributed by atoms with Gasteiger partial charge in [0.15, 0.2) is 0 Å². The Labute approximate surface area is 116 Å². The SMILES string of the molecule is CC(CO)(Nc1cccc(Cl)c1)c1cncc(F)c1. The Morgan fingerprint density at radius 2 is 2.16 bits per heavy atom. The minimum absolute atomic E-state index is 0.204. The van der Waals surface area contributed by atoms with Crippen molar-refractivity contribution in [3.8, 4) is 0 Å². The number of anilines is 1. The van der Waals surface area contributed by atoms with Crippen molar-refractivity contribution >= 4 is 17.3 Å². The van der Waals surface area contributed by atoms with Gasteiger partial charge >= 0.3 is 0 Å². The van der Waals surface area contributed by atoms with E-state index in [0.717, 1.165) is 11.9 Å². The van der Waals surface area contributed by atoms with E-state index in [1.807, 2.05) is 6.07 Å². The summed E-state index contributed by atoms with van der Waals surface area (Å²) < 4.78 is 13.2. The predicted molar refractivity (Wildman–Crippen MR) is 73.7 cm³/mol. The van der Waals surface area contributed by atoms with Gasteiger partial charge in [-0.3, -0.25) is 4.98 Å². The highest BCUT2D eigenvalue weighted by Gasteiger charge is 2.26. The number of aliphatic hydroxyl groups is 1. The van der Waals surface area contributed by atoms with Crippen LogP contribution in [0, 0.1) is 5.82 Å². The van der Waals surface area contributed by atoms with Crippen molar-refractivity contribution in [1.29, 1.82) is 0 Å². The molecule has 0 amide bonds. The molecule has 19 heavy (non-hydrogen) atoms. The zero-order chi connectivity index (χ0) is 13.9. The molecular formula is C14H14ClFN2O. The third kappa shape index (κ3) is 3.22. The number of aliphatic hydroxyl groups excluding tert-OH is 1. The fourth-order valence-electron chi connectivity index (χ4n) is 1.80. The zero-order valence-corrected chi connectivity index (χ0v) is 11.2. The Morgan fingerprint density at radius 1 is 1.37 bits per heavy atom. The molecule has 5 heteroatoms. The molecule has 1 unspecified atom stereocenters. The quantitative estimate of drug-likeness (QED) is 0.904. The van der Waals surface area contributed by atoms with Crippen LogP contribution in [0.2, 0.25) is 5.02 Å². The Morgan fingerprint density at radius 3 is 2.79 bits per heavy atom. The first kappa shape index (κ1) is 13.8. The molecule has 0 aliphatic rings. The largest absolute Gasteiger partial charge is 0.394 e. The standard InChI is InChI=1S/C14H14ClFN2O/c1-14(9-19,10-5-12(16)8-17-7-10)18-13-4-2-3-11(15)6-13/h2-8,18-19H,9H2,1H3. The molecule has 2 N–H and O–H groups in total. The molecule has 0 aliphatic heterocycles. The van der Waals surface area contributed by atoms with Crippen molar-refractivity contribution in [3.63, 3.8) is 0 Å². The summed E-state index contributed by atoms with van der Waals surface area (Å²) in [6.45, 7) is 1.56. The maximum atomic E-state index is 13.2. The van der Waals surface area contributed by atoms with Crippen molar-refractivity contribution in [1.82, 2.24) is 4.98 Å². The second-order valence-corrected chi connectivity index (χ2v) is 4.95. The number of nitrogens with one attached hydrogen (secondary N) is 1. The Bertz CT molecular complexity index is 579. The van der Waals surface area contributed by atoms with Gasteiger partial charge in [0.05, 0.1) is 18.3 Å². The Hall–Kier alpha value is -1.65. The minimum atomic E-state index is -0.834. The summed E-state index contributed by atoms with van der Waals surface area (Å²) in [7, 11) is 0. The van der Waals surface area contributed by atoms with Crippen LogP contribution < -0.4 is 5.32 Å². The molecule has 0 radical (unpaired) electrons. The van der Waals surface area contributed by atoms with E-state index < -0.39 is 11.4 Å². The lowest BCUT2D eigenvalue weighted by atomic mass is 9.94. The molecule has 0 saturated heterocycles. The van der Waals surface area contributed by atoms with Crippen molar-refractivity contribution in [2.45, 2.75) is 12.5 Å². The molecule has 0 aliphatic carbocycles. The number of benzene rings is 1. The van der Waals surface area contributed by atoms with E-state index in [9.17, 15) is 9.50 Å². The molecule has 1 aromatic carbocycles. The molecule has 3 nitrogen and oxygen atoms in total. The van der Waals surface area contributed by atoms with Gasteiger partial charge in [-0.2, -0.15) is 0 Å². The number of halogens is 2. The number of aromatic nitrogens is 1. The van der Waals surface area contributed by atoms with Gasteiger partial charge in [-0.25, -0.2) is 4.39 Å². The lowest BCUT2D eigenvalue weighted by molar-refractivity contribution is 0.223. The minimum Gasteiger partial charge on any atom is -0.394 e. The van der Waals surface area contributed by atoms with Crippen LogP contribution in [0.1, 0.15) is 12.5 Å². The smallest absolute Gasteiger partial charge is 0.141 e. The summed E-state index contributed by atoms with van der Waals surface area (Å²) in [6, 6.07) is 8.47. The van der Waals surface area contributed by atoms with E-state index in [1.165, 1.54) is 12.3 Å². The van der Waals surface area contributed by atoms with Crippen LogP contribution in [0.5, 0.6) is 0 Å². The van der Waals surface area contributed by atoms with Crippen molar-refractivity contribution in [3.05, 3.63) is 59.1 Å². The third-order valence-corrected chi connectivity index (χ3v) is 3.14. The highest BCUT2D eigenvalue weighted by atomic mass is 35.5. The van der Waals surface area contributed by atoms with Gasteiger partial charge in [-0.05, 0) is 31.2 Å². The lowest BCUT2D eigenvalue weighted by Crippen LogP contribution is -2.36. The monoisotopic (exact) mass is 280 g/mol.